The van der Waals surface area contributed by atoms with E-state index in [4.69, 9.17) is 4.74 Å². The minimum absolute atomic E-state index is 0.687. The first-order valence-electron chi connectivity index (χ1n) is 6.56. The van der Waals surface area contributed by atoms with Gasteiger partial charge in [0.05, 0.1) is 7.11 Å². The van der Waals surface area contributed by atoms with E-state index in [-0.39, 0.29) is 0 Å². The van der Waals surface area contributed by atoms with Crippen LogP contribution < -0.4 is 4.74 Å². The molecule has 3 nitrogen and oxygen atoms in total. The highest BCUT2D eigenvalue weighted by Crippen LogP contribution is 2.36. The van der Waals surface area contributed by atoms with Crippen LogP contribution in [0, 0.1) is 0 Å². The zero-order valence-corrected chi connectivity index (χ0v) is 11.6. The molecule has 20 heavy (non-hydrogen) atoms. The molecule has 0 aliphatic rings. The topological polar surface area (TPSA) is 45.2 Å². The Balaban J connectivity index is 2.14. The second-order valence-corrected chi connectivity index (χ2v) is 5.05. The van der Waals surface area contributed by atoms with Crippen LogP contribution in [0.25, 0.3) is 10.9 Å². The molecule has 3 aromatic rings. The van der Waals surface area contributed by atoms with Crippen LogP contribution in [0.4, 0.5) is 0 Å². The van der Waals surface area contributed by atoms with Crippen LogP contribution in [0.2, 0.25) is 0 Å². The molecule has 0 bridgehead atoms. The monoisotopic (exact) mass is 267 g/mol. The van der Waals surface area contributed by atoms with Gasteiger partial charge in [0.25, 0.3) is 0 Å². The molecule has 2 N–H and O–H groups in total. The number of H-pyrrole nitrogens is 1. The van der Waals surface area contributed by atoms with Crippen LogP contribution in [-0.2, 0) is 5.60 Å². The molecular formula is C17H17NO2. The first-order chi connectivity index (χ1) is 9.63. The lowest BCUT2D eigenvalue weighted by Gasteiger charge is -2.26. The second-order valence-electron chi connectivity index (χ2n) is 5.05. The molecule has 102 valence electrons. The summed E-state index contributed by atoms with van der Waals surface area (Å²) in [6.45, 7) is 1.79. The first kappa shape index (κ1) is 12.8. The van der Waals surface area contributed by atoms with E-state index in [1.807, 2.05) is 54.7 Å². The van der Waals surface area contributed by atoms with Crippen molar-refractivity contribution < 1.29 is 9.84 Å². The number of methoxy groups -OCH3 is 1. The molecule has 1 atom stereocenters. The highest BCUT2D eigenvalue weighted by molar-refractivity contribution is 5.80. The zero-order chi connectivity index (χ0) is 14.2. The van der Waals surface area contributed by atoms with Crippen molar-refractivity contribution in [2.24, 2.45) is 0 Å². The maximum Gasteiger partial charge on any atom is 0.125 e. The maximum absolute atomic E-state index is 11.0. The number of aromatic amines is 1. The van der Waals surface area contributed by atoms with Crippen LogP contribution in [0.1, 0.15) is 18.1 Å². The van der Waals surface area contributed by atoms with Crippen LogP contribution in [0.3, 0.4) is 0 Å². The molecule has 1 aromatic heterocycles. The third-order valence-corrected chi connectivity index (χ3v) is 3.75. The van der Waals surface area contributed by atoms with E-state index in [0.717, 1.165) is 22.0 Å². The van der Waals surface area contributed by atoms with Gasteiger partial charge in [-0.25, -0.2) is 0 Å². The minimum Gasteiger partial charge on any atom is -0.496 e. The van der Waals surface area contributed by atoms with Gasteiger partial charge in [0.1, 0.15) is 11.4 Å². The highest BCUT2D eigenvalue weighted by atomic mass is 16.5. The average molecular weight is 267 g/mol. The number of rotatable bonds is 3. The highest BCUT2D eigenvalue weighted by Gasteiger charge is 2.28. The van der Waals surface area contributed by atoms with Gasteiger partial charge in [-0.05, 0) is 42.1 Å². The third-order valence-electron chi connectivity index (χ3n) is 3.75. The van der Waals surface area contributed by atoms with Crippen LogP contribution in [0.15, 0.2) is 54.7 Å². The number of para-hydroxylation sites is 1. The lowest BCUT2D eigenvalue weighted by atomic mass is 9.87. The van der Waals surface area contributed by atoms with Gasteiger partial charge in [0, 0.05) is 17.3 Å². The summed E-state index contributed by atoms with van der Waals surface area (Å²) in [4.78, 5) is 3.15. The largest absolute Gasteiger partial charge is 0.496 e. The van der Waals surface area contributed by atoms with Crippen LogP contribution in [-0.4, -0.2) is 17.2 Å². The summed E-state index contributed by atoms with van der Waals surface area (Å²) in [5, 5.41) is 12.1. The molecule has 0 radical (unpaired) electrons. The molecule has 0 fully saturated rings. The molecule has 0 amide bonds. The summed E-state index contributed by atoms with van der Waals surface area (Å²) in [6.07, 6.45) is 1.90. The SMILES string of the molecule is COc1ccccc1C(C)(O)c1ccc2[nH]ccc2c1. The summed E-state index contributed by atoms with van der Waals surface area (Å²) in [7, 11) is 1.62. The van der Waals surface area contributed by atoms with Crippen molar-refractivity contribution in [3.05, 3.63) is 65.9 Å². The predicted molar refractivity (Wildman–Crippen MR) is 80.0 cm³/mol. The fraction of sp³-hybridized carbons (Fsp3) is 0.176. The Morgan fingerprint density at radius 2 is 1.90 bits per heavy atom. The van der Waals surface area contributed by atoms with Gasteiger partial charge in [0.2, 0.25) is 0 Å². The van der Waals surface area contributed by atoms with Gasteiger partial charge in [-0.2, -0.15) is 0 Å². The number of fused-ring (bicyclic) bond motifs is 1. The maximum atomic E-state index is 11.0. The number of hydrogen-bond acceptors (Lipinski definition) is 2. The lowest BCUT2D eigenvalue weighted by Crippen LogP contribution is -2.23. The normalized spacial score (nSPS) is 14.2. The van der Waals surface area contributed by atoms with Gasteiger partial charge in [0.15, 0.2) is 0 Å². The van der Waals surface area contributed by atoms with Gasteiger partial charge in [-0.15, -0.1) is 0 Å². The summed E-state index contributed by atoms with van der Waals surface area (Å²) in [5.41, 5.74) is 1.56. The molecule has 2 aromatic carbocycles. The van der Waals surface area contributed by atoms with Gasteiger partial charge in [-0.1, -0.05) is 24.3 Å². The molecule has 0 aliphatic carbocycles. The van der Waals surface area contributed by atoms with Crippen molar-refractivity contribution in [3.8, 4) is 5.75 Å². The molecule has 0 saturated heterocycles. The number of benzene rings is 2. The van der Waals surface area contributed by atoms with E-state index in [2.05, 4.69) is 4.98 Å². The van der Waals surface area contributed by atoms with Crippen molar-refractivity contribution >= 4 is 10.9 Å². The third kappa shape index (κ3) is 1.96. The first-order valence-corrected chi connectivity index (χ1v) is 6.56. The van der Waals surface area contributed by atoms with Gasteiger partial charge >= 0.3 is 0 Å². The van der Waals surface area contributed by atoms with E-state index < -0.39 is 5.60 Å². The molecule has 3 rings (SSSR count). The Kier molecular flexibility index (Phi) is 2.99. The molecule has 0 aliphatic heterocycles. The quantitative estimate of drug-likeness (QED) is 0.763. The number of hydrogen-bond donors (Lipinski definition) is 2. The van der Waals surface area contributed by atoms with Crippen molar-refractivity contribution in [2.45, 2.75) is 12.5 Å². The summed E-state index contributed by atoms with van der Waals surface area (Å²) >= 11 is 0. The Morgan fingerprint density at radius 3 is 2.70 bits per heavy atom. The molecule has 0 spiro atoms. The fourth-order valence-electron chi connectivity index (χ4n) is 2.56. The Hall–Kier alpha value is -2.26. The predicted octanol–water partition coefficient (Wildman–Crippen LogP) is 3.43. The van der Waals surface area contributed by atoms with E-state index in [1.165, 1.54) is 0 Å². The zero-order valence-electron chi connectivity index (χ0n) is 11.6. The summed E-state index contributed by atoms with van der Waals surface area (Å²) in [6, 6.07) is 15.5. The van der Waals surface area contributed by atoms with Crippen molar-refractivity contribution in [3.63, 3.8) is 0 Å². The molecule has 3 heteroatoms. The smallest absolute Gasteiger partial charge is 0.125 e. The van der Waals surface area contributed by atoms with E-state index in [1.54, 1.807) is 14.0 Å². The molecule has 1 unspecified atom stereocenters. The number of aromatic nitrogens is 1. The minimum atomic E-state index is -1.10. The Morgan fingerprint density at radius 1 is 1.10 bits per heavy atom. The second kappa shape index (κ2) is 4.69. The van der Waals surface area contributed by atoms with Crippen molar-refractivity contribution in [1.29, 1.82) is 0 Å². The number of nitrogens with one attached hydrogen (secondary N) is 1. The fourth-order valence-corrected chi connectivity index (χ4v) is 2.56. The standard InChI is InChI=1S/C17H17NO2/c1-17(19,14-5-3-4-6-16(14)20-2)13-7-8-15-12(11-13)9-10-18-15/h3-11,18-19H,1-2H3. The number of ether oxygens (including phenoxy) is 1. The van der Waals surface area contributed by atoms with Gasteiger partial charge in [-0.3, -0.25) is 0 Å². The summed E-state index contributed by atoms with van der Waals surface area (Å²) < 4.78 is 5.36. The van der Waals surface area contributed by atoms with E-state index in [0.29, 0.717) is 5.75 Å². The van der Waals surface area contributed by atoms with E-state index in [9.17, 15) is 5.11 Å². The van der Waals surface area contributed by atoms with E-state index >= 15 is 0 Å². The lowest BCUT2D eigenvalue weighted by molar-refractivity contribution is 0.0991. The van der Waals surface area contributed by atoms with Crippen molar-refractivity contribution in [2.75, 3.05) is 7.11 Å². The van der Waals surface area contributed by atoms with Crippen molar-refractivity contribution in [1.82, 2.24) is 4.98 Å². The Bertz CT molecular complexity index is 743. The van der Waals surface area contributed by atoms with Gasteiger partial charge < -0.3 is 14.8 Å². The molecular weight excluding hydrogens is 250 g/mol. The van der Waals surface area contributed by atoms with Crippen LogP contribution in [0.5, 0.6) is 5.75 Å². The molecule has 1 heterocycles. The summed E-state index contributed by atoms with van der Waals surface area (Å²) in [5.74, 6) is 0.687. The van der Waals surface area contributed by atoms with Crippen LogP contribution >= 0.6 is 0 Å². The average Bonchev–Trinajstić information content (AvgIpc) is 2.94. The molecule has 0 saturated carbocycles. The number of aliphatic hydroxyl groups is 1. The Labute approximate surface area is 117 Å².